The first-order valence-corrected chi connectivity index (χ1v) is 7.88. The summed E-state index contributed by atoms with van der Waals surface area (Å²) in [7, 11) is 0. The van der Waals surface area contributed by atoms with Crippen molar-refractivity contribution in [2.75, 3.05) is 26.2 Å². The van der Waals surface area contributed by atoms with Crippen LogP contribution in [0.25, 0.3) is 0 Å². The summed E-state index contributed by atoms with van der Waals surface area (Å²) in [4.78, 5) is 14.5. The van der Waals surface area contributed by atoms with E-state index in [-0.39, 0.29) is 18.3 Å². The van der Waals surface area contributed by atoms with Crippen molar-refractivity contribution in [1.82, 2.24) is 10.2 Å². The molecule has 0 atom stereocenters. The van der Waals surface area contributed by atoms with Gasteiger partial charge in [-0.2, -0.15) is 0 Å². The van der Waals surface area contributed by atoms with Crippen LogP contribution in [0.4, 0.5) is 0 Å². The predicted octanol–water partition coefficient (Wildman–Crippen LogP) is 4.02. The van der Waals surface area contributed by atoms with Crippen LogP contribution < -0.4 is 5.32 Å². The Labute approximate surface area is 142 Å². The lowest BCUT2D eigenvalue weighted by Crippen LogP contribution is -2.26. The summed E-state index contributed by atoms with van der Waals surface area (Å²) in [5.74, 6) is -0.154. The molecule has 21 heavy (non-hydrogen) atoms. The van der Waals surface area contributed by atoms with Gasteiger partial charge >= 0.3 is 0 Å². The number of hydrogen-bond donors (Lipinski definition) is 1. The number of nitrogens with one attached hydrogen (secondary N) is 1. The van der Waals surface area contributed by atoms with Gasteiger partial charge in [0.15, 0.2) is 0 Å². The first-order valence-electron chi connectivity index (χ1n) is 7.12. The van der Waals surface area contributed by atoms with Gasteiger partial charge in [-0.05, 0) is 63.5 Å². The SMILES string of the molecule is Cl.O=C(NCCCCN1CCCC1)c1cc(Cl)ccc1Cl. The monoisotopic (exact) mass is 350 g/mol. The zero-order valence-corrected chi connectivity index (χ0v) is 14.2. The van der Waals surface area contributed by atoms with Crippen LogP contribution in [0.2, 0.25) is 10.0 Å². The molecule has 0 aliphatic carbocycles. The van der Waals surface area contributed by atoms with E-state index in [4.69, 9.17) is 23.2 Å². The molecule has 0 radical (unpaired) electrons. The van der Waals surface area contributed by atoms with Crippen LogP contribution in [0, 0.1) is 0 Å². The highest BCUT2D eigenvalue weighted by atomic mass is 35.5. The second kappa shape index (κ2) is 9.52. The van der Waals surface area contributed by atoms with E-state index in [0.29, 0.717) is 22.2 Å². The van der Waals surface area contributed by atoms with Gasteiger partial charge < -0.3 is 10.2 Å². The van der Waals surface area contributed by atoms with Gasteiger partial charge in [0.2, 0.25) is 0 Å². The van der Waals surface area contributed by atoms with Crippen molar-refractivity contribution in [3.8, 4) is 0 Å². The summed E-state index contributed by atoms with van der Waals surface area (Å²) in [5.41, 5.74) is 0.443. The van der Waals surface area contributed by atoms with Gasteiger partial charge in [-0.25, -0.2) is 0 Å². The number of rotatable bonds is 6. The lowest BCUT2D eigenvalue weighted by molar-refractivity contribution is 0.0953. The third kappa shape index (κ3) is 6.03. The first-order chi connectivity index (χ1) is 9.66. The van der Waals surface area contributed by atoms with E-state index in [1.165, 1.54) is 25.9 Å². The third-order valence-corrected chi connectivity index (χ3v) is 4.12. The summed E-state index contributed by atoms with van der Waals surface area (Å²) >= 11 is 11.9. The highest BCUT2D eigenvalue weighted by Gasteiger charge is 2.12. The average molecular weight is 352 g/mol. The zero-order chi connectivity index (χ0) is 14.4. The molecular weight excluding hydrogens is 331 g/mol. The minimum absolute atomic E-state index is 0. The largest absolute Gasteiger partial charge is 0.352 e. The molecule has 118 valence electrons. The summed E-state index contributed by atoms with van der Waals surface area (Å²) < 4.78 is 0. The molecule has 1 aromatic carbocycles. The van der Waals surface area contributed by atoms with Crippen molar-refractivity contribution >= 4 is 41.5 Å². The molecular formula is C15H21Cl3N2O. The Kier molecular flexibility index (Phi) is 8.42. The second-order valence-electron chi connectivity index (χ2n) is 5.14. The van der Waals surface area contributed by atoms with Crippen LogP contribution in [0.1, 0.15) is 36.0 Å². The molecule has 0 bridgehead atoms. The van der Waals surface area contributed by atoms with Crippen LogP contribution in [0.5, 0.6) is 0 Å². The molecule has 1 heterocycles. The van der Waals surface area contributed by atoms with E-state index < -0.39 is 0 Å². The Morgan fingerprint density at radius 2 is 1.90 bits per heavy atom. The van der Waals surface area contributed by atoms with Gasteiger partial charge in [-0.1, -0.05) is 23.2 Å². The molecule has 1 fully saturated rings. The fourth-order valence-electron chi connectivity index (χ4n) is 2.44. The van der Waals surface area contributed by atoms with Gasteiger partial charge in [0, 0.05) is 11.6 Å². The average Bonchev–Trinajstić information content (AvgIpc) is 2.94. The molecule has 0 saturated carbocycles. The predicted molar refractivity (Wildman–Crippen MR) is 91.0 cm³/mol. The number of halogens is 3. The van der Waals surface area contributed by atoms with E-state index in [1.807, 2.05) is 0 Å². The fraction of sp³-hybridized carbons (Fsp3) is 0.533. The Morgan fingerprint density at radius 3 is 2.62 bits per heavy atom. The molecule has 2 rings (SSSR count). The highest BCUT2D eigenvalue weighted by Crippen LogP contribution is 2.20. The maximum Gasteiger partial charge on any atom is 0.252 e. The van der Waals surface area contributed by atoms with E-state index in [0.717, 1.165) is 19.4 Å². The van der Waals surface area contributed by atoms with E-state index in [2.05, 4.69) is 10.2 Å². The number of hydrogen-bond acceptors (Lipinski definition) is 2. The molecule has 1 aliphatic heterocycles. The summed E-state index contributed by atoms with van der Waals surface area (Å²) in [6.07, 6.45) is 4.75. The van der Waals surface area contributed by atoms with Crippen LogP contribution in [0.3, 0.4) is 0 Å². The van der Waals surface area contributed by atoms with Gasteiger partial charge in [-0.15, -0.1) is 12.4 Å². The maximum atomic E-state index is 12.0. The number of carbonyl (C=O) groups excluding carboxylic acids is 1. The van der Waals surface area contributed by atoms with E-state index in [1.54, 1.807) is 18.2 Å². The van der Waals surface area contributed by atoms with Crippen molar-refractivity contribution < 1.29 is 4.79 Å². The quantitative estimate of drug-likeness (QED) is 0.785. The first kappa shape index (κ1) is 18.6. The molecule has 0 aromatic heterocycles. The fourth-order valence-corrected chi connectivity index (χ4v) is 2.81. The van der Waals surface area contributed by atoms with Crippen molar-refractivity contribution in [2.45, 2.75) is 25.7 Å². The van der Waals surface area contributed by atoms with E-state index >= 15 is 0 Å². The number of likely N-dealkylation sites (tertiary alicyclic amines) is 1. The Balaban J connectivity index is 0.00000220. The number of carbonyl (C=O) groups is 1. The Bertz CT molecular complexity index is 462. The van der Waals surface area contributed by atoms with Crippen LogP contribution in [-0.4, -0.2) is 37.0 Å². The topological polar surface area (TPSA) is 32.3 Å². The maximum absolute atomic E-state index is 12.0. The van der Waals surface area contributed by atoms with Crippen LogP contribution >= 0.6 is 35.6 Å². The number of amides is 1. The van der Waals surface area contributed by atoms with Crippen molar-refractivity contribution in [3.63, 3.8) is 0 Å². The molecule has 0 spiro atoms. The second-order valence-corrected chi connectivity index (χ2v) is 5.98. The van der Waals surface area contributed by atoms with Crippen LogP contribution in [0.15, 0.2) is 18.2 Å². The standard InChI is InChI=1S/C15H20Cl2N2O.ClH/c16-12-5-6-14(17)13(11-12)15(20)18-7-1-2-8-19-9-3-4-10-19;/h5-6,11H,1-4,7-10H2,(H,18,20);1H. The van der Waals surface area contributed by atoms with E-state index in [9.17, 15) is 4.79 Å². The lowest BCUT2D eigenvalue weighted by atomic mass is 10.2. The smallest absolute Gasteiger partial charge is 0.252 e. The Hall–Kier alpha value is -0.480. The highest BCUT2D eigenvalue weighted by molar-refractivity contribution is 6.35. The lowest BCUT2D eigenvalue weighted by Gasteiger charge is -2.14. The number of benzene rings is 1. The molecule has 6 heteroatoms. The normalized spacial score (nSPS) is 14.8. The third-order valence-electron chi connectivity index (χ3n) is 3.56. The summed E-state index contributed by atoms with van der Waals surface area (Å²) in [6, 6.07) is 4.92. The summed E-state index contributed by atoms with van der Waals surface area (Å²) in [5, 5.41) is 3.85. The van der Waals surface area contributed by atoms with Crippen LogP contribution in [-0.2, 0) is 0 Å². The molecule has 3 nitrogen and oxygen atoms in total. The Morgan fingerprint density at radius 1 is 1.19 bits per heavy atom. The molecule has 1 amide bonds. The molecule has 1 saturated heterocycles. The number of nitrogens with zero attached hydrogens (tertiary/aromatic N) is 1. The zero-order valence-electron chi connectivity index (χ0n) is 11.9. The minimum atomic E-state index is -0.154. The molecule has 1 N–H and O–H groups in total. The summed E-state index contributed by atoms with van der Waals surface area (Å²) in [6.45, 7) is 4.26. The van der Waals surface area contributed by atoms with Crippen molar-refractivity contribution in [2.24, 2.45) is 0 Å². The molecule has 0 unspecified atom stereocenters. The molecule has 1 aromatic rings. The van der Waals surface area contributed by atoms with Gasteiger partial charge in [0.1, 0.15) is 0 Å². The van der Waals surface area contributed by atoms with Gasteiger partial charge in [-0.3, -0.25) is 4.79 Å². The van der Waals surface area contributed by atoms with Crippen molar-refractivity contribution in [1.29, 1.82) is 0 Å². The minimum Gasteiger partial charge on any atom is -0.352 e. The van der Waals surface area contributed by atoms with Crippen molar-refractivity contribution in [3.05, 3.63) is 33.8 Å². The van der Waals surface area contributed by atoms with Gasteiger partial charge in [0.25, 0.3) is 5.91 Å². The van der Waals surface area contributed by atoms with Gasteiger partial charge in [0.05, 0.1) is 10.6 Å². The number of unbranched alkanes of at least 4 members (excludes halogenated alkanes) is 1. The molecule has 1 aliphatic rings.